The van der Waals surface area contributed by atoms with Crippen LogP contribution in [0.5, 0.6) is 0 Å². The van der Waals surface area contributed by atoms with E-state index < -0.39 is 5.97 Å². The van der Waals surface area contributed by atoms with Gasteiger partial charge in [-0.25, -0.2) is 9.59 Å². The van der Waals surface area contributed by atoms with Crippen molar-refractivity contribution in [1.82, 2.24) is 5.32 Å². The van der Waals surface area contributed by atoms with Crippen molar-refractivity contribution in [3.05, 3.63) is 28.8 Å². The van der Waals surface area contributed by atoms with Crippen LogP contribution in [0.2, 0.25) is 5.02 Å². The van der Waals surface area contributed by atoms with Crippen molar-refractivity contribution in [2.45, 2.75) is 26.2 Å². The Hall–Kier alpha value is -1.75. The molecule has 0 bridgehead atoms. The van der Waals surface area contributed by atoms with E-state index in [1.807, 2.05) is 0 Å². The van der Waals surface area contributed by atoms with Crippen molar-refractivity contribution >= 4 is 29.3 Å². The quantitative estimate of drug-likeness (QED) is 0.779. The molecule has 3 N–H and O–H groups in total. The molecule has 0 heterocycles. The van der Waals surface area contributed by atoms with E-state index >= 15 is 0 Å². The minimum absolute atomic E-state index is 0.0417. The number of anilines is 1. The number of amides is 2. The fourth-order valence-corrected chi connectivity index (χ4v) is 2.30. The van der Waals surface area contributed by atoms with Crippen LogP contribution >= 0.6 is 11.6 Å². The molecule has 0 saturated heterocycles. The maximum atomic E-state index is 11.8. The number of carbonyl (C=O) groups is 2. The van der Waals surface area contributed by atoms with E-state index in [0.717, 1.165) is 19.3 Å². The van der Waals surface area contributed by atoms with Crippen molar-refractivity contribution in [2.24, 2.45) is 5.41 Å². The monoisotopic (exact) mass is 296 g/mol. The van der Waals surface area contributed by atoms with E-state index in [-0.39, 0.29) is 22.0 Å². The second-order valence-corrected chi connectivity index (χ2v) is 5.63. The molecular weight excluding hydrogens is 280 g/mol. The maximum Gasteiger partial charge on any atom is 0.335 e. The lowest BCUT2D eigenvalue weighted by Crippen LogP contribution is -2.33. The van der Waals surface area contributed by atoms with E-state index in [1.54, 1.807) is 0 Å². The first-order chi connectivity index (χ1) is 9.44. The predicted octanol–water partition coefficient (Wildman–Crippen LogP) is 3.35. The highest BCUT2D eigenvalue weighted by Gasteiger charge is 2.40. The van der Waals surface area contributed by atoms with E-state index in [1.165, 1.54) is 18.2 Å². The smallest absolute Gasteiger partial charge is 0.335 e. The minimum Gasteiger partial charge on any atom is -0.478 e. The van der Waals surface area contributed by atoms with Gasteiger partial charge in [-0.2, -0.15) is 0 Å². The van der Waals surface area contributed by atoms with E-state index in [4.69, 9.17) is 16.7 Å². The molecule has 0 spiro atoms. The zero-order valence-corrected chi connectivity index (χ0v) is 12.0. The highest BCUT2D eigenvalue weighted by Crippen LogP contribution is 2.47. The van der Waals surface area contributed by atoms with E-state index in [9.17, 15) is 9.59 Å². The van der Waals surface area contributed by atoms with Crippen LogP contribution in [-0.4, -0.2) is 23.7 Å². The van der Waals surface area contributed by atoms with Crippen molar-refractivity contribution in [3.63, 3.8) is 0 Å². The number of halogens is 1. The molecule has 0 atom stereocenters. The molecule has 5 nitrogen and oxygen atoms in total. The minimum atomic E-state index is -1.08. The second kappa shape index (κ2) is 5.71. The zero-order chi connectivity index (χ0) is 14.8. The normalized spacial score (nSPS) is 15.5. The summed E-state index contributed by atoms with van der Waals surface area (Å²) in [7, 11) is 0. The lowest BCUT2D eigenvalue weighted by molar-refractivity contribution is 0.0697. The third-order valence-electron chi connectivity index (χ3n) is 3.73. The van der Waals surface area contributed by atoms with Gasteiger partial charge < -0.3 is 15.7 Å². The highest BCUT2D eigenvalue weighted by molar-refractivity contribution is 6.31. The van der Waals surface area contributed by atoms with Crippen LogP contribution in [0.3, 0.4) is 0 Å². The van der Waals surface area contributed by atoms with Crippen LogP contribution in [0.4, 0.5) is 10.5 Å². The summed E-state index contributed by atoms with van der Waals surface area (Å²) in [5.41, 5.74) is 0.673. The van der Waals surface area contributed by atoms with Crippen molar-refractivity contribution in [3.8, 4) is 0 Å². The Morgan fingerprint density at radius 1 is 1.35 bits per heavy atom. The Balaban J connectivity index is 1.95. The highest BCUT2D eigenvalue weighted by atomic mass is 35.5. The Bertz CT molecular complexity index is 541. The molecule has 0 aromatic heterocycles. The Morgan fingerprint density at radius 3 is 2.60 bits per heavy atom. The average Bonchev–Trinajstić information content (AvgIpc) is 3.16. The van der Waals surface area contributed by atoms with E-state index in [2.05, 4.69) is 17.6 Å². The summed E-state index contributed by atoms with van der Waals surface area (Å²) in [6, 6.07) is 3.88. The fraction of sp³-hybridized carbons (Fsp3) is 0.429. The van der Waals surface area contributed by atoms with Gasteiger partial charge in [0.1, 0.15) is 0 Å². The largest absolute Gasteiger partial charge is 0.478 e. The molecule has 1 aromatic carbocycles. The molecule has 1 aliphatic rings. The Morgan fingerprint density at radius 2 is 2.05 bits per heavy atom. The molecule has 1 fully saturated rings. The number of hydrogen-bond donors (Lipinski definition) is 3. The molecular formula is C14H17ClN2O3. The predicted molar refractivity (Wildman–Crippen MR) is 77.4 cm³/mol. The summed E-state index contributed by atoms with van der Waals surface area (Å²) >= 11 is 5.82. The van der Waals surface area contributed by atoms with Gasteiger partial charge in [0.2, 0.25) is 0 Å². The number of benzene rings is 1. The molecule has 2 amide bonds. The molecule has 108 valence electrons. The van der Waals surface area contributed by atoms with Gasteiger partial charge in [-0.3, -0.25) is 0 Å². The van der Waals surface area contributed by atoms with Crippen molar-refractivity contribution in [2.75, 3.05) is 11.9 Å². The summed E-state index contributed by atoms with van der Waals surface area (Å²) in [5, 5.41) is 14.6. The first kappa shape index (κ1) is 14.7. The SMILES string of the molecule is CCC1(CNC(=O)Nc2cc(Cl)cc(C(=O)O)c2)CC1. The molecule has 1 aromatic rings. The number of carbonyl (C=O) groups excluding carboxylic acids is 1. The van der Waals surface area contributed by atoms with Crippen LogP contribution in [0.25, 0.3) is 0 Å². The van der Waals surface area contributed by atoms with Gasteiger partial charge in [0.25, 0.3) is 0 Å². The lowest BCUT2D eigenvalue weighted by Gasteiger charge is -2.14. The fourth-order valence-electron chi connectivity index (χ4n) is 2.06. The number of hydrogen-bond acceptors (Lipinski definition) is 2. The molecule has 2 rings (SSSR count). The summed E-state index contributed by atoms with van der Waals surface area (Å²) < 4.78 is 0. The third-order valence-corrected chi connectivity index (χ3v) is 3.95. The van der Waals surface area contributed by atoms with E-state index in [0.29, 0.717) is 12.2 Å². The topological polar surface area (TPSA) is 78.4 Å². The zero-order valence-electron chi connectivity index (χ0n) is 11.2. The molecule has 20 heavy (non-hydrogen) atoms. The van der Waals surface area contributed by atoms with Gasteiger partial charge in [-0.15, -0.1) is 0 Å². The van der Waals surface area contributed by atoms with Crippen molar-refractivity contribution in [1.29, 1.82) is 0 Å². The number of rotatable bonds is 5. The number of nitrogens with one attached hydrogen (secondary N) is 2. The van der Waals surface area contributed by atoms with Crippen molar-refractivity contribution < 1.29 is 14.7 Å². The van der Waals surface area contributed by atoms with Gasteiger partial charge >= 0.3 is 12.0 Å². The number of carboxylic acids is 1. The molecule has 1 aliphatic carbocycles. The summed E-state index contributed by atoms with van der Waals surface area (Å²) in [4.78, 5) is 22.7. The first-order valence-electron chi connectivity index (χ1n) is 6.53. The standard InChI is InChI=1S/C14H17ClN2O3/c1-2-14(3-4-14)8-16-13(20)17-11-6-9(12(18)19)5-10(15)7-11/h5-7H,2-4,8H2,1H3,(H,18,19)(H2,16,17,20). The third kappa shape index (κ3) is 3.63. The Kier molecular flexibility index (Phi) is 4.18. The van der Waals surface area contributed by atoms with Crippen LogP contribution in [0.1, 0.15) is 36.5 Å². The van der Waals surface area contributed by atoms with Crippen LogP contribution in [0.15, 0.2) is 18.2 Å². The summed E-state index contributed by atoms with van der Waals surface area (Å²) in [5.74, 6) is -1.08. The molecule has 0 unspecified atom stereocenters. The van der Waals surface area contributed by atoms with Crippen LogP contribution < -0.4 is 10.6 Å². The van der Waals surface area contributed by atoms with Crippen LogP contribution in [0, 0.1) is 5.41 Å². The molecule has 0 aliphatic heterocycles. The summed E-state index contributed by atoms with van der Waals surface area (Å²) in [6.07, 6.45) is 3.34. The van der Waals surface area contributed by atoms with Gasteiger partial charge in [0, 0.05) is 17.3 Å². The van der Waals surface area contributed by atoms with Gasteiger partial charge in [-0.05, 0) is 42.9 Å². The molecule has 6 heteroatoms. The average molecular weight is 297 g/mol. The maximum absolute atomic E-state index is 11.8. The van der Waals surface area contributed by atoms with Gasteiger partial charge in [-0.1, -0.05) is 18.5 Å². The van der Waals surface area contributed by atoms with Crippen LogP contribution in [-0.2, 0) is 0 Å². The molecule has 1 saturated carbocycles. The number of carboxylic acid groups (broad SMARTS) is 1. The van der Waals surface area contributed by atoms with Gasteiger partial charge in [0.05, 0.1) is 5.56 Å². The number of aromatic carboxylic acids is 1. The lowest BCUT2D eigenvalue weighted by atomic mass is 10.0. The second-order valence-electron chi connectivity index (χ2n) is 5.19. The molecule has 0 radical (unpaired) electrons. The summed E-state index contributed by atoms with van der Waals surface area (Å²) in [6.45, 7) is 2.75. The Labute approximate surface area is 122 Å². The number of urea groups is 1. The van der Waals surface area contributed by atoms with Gasteiger partial charge in [0.15, 0.2) is 0 Å². The first-order valence-corrected chi connectivity index (χ1v) is 6.91.